The summed E-state index contributed by atoms with van der Waals surface area (Å²) in [4.78, 5) is 0. The highest BCUT2D eigenvalue weighted by atomic mass is 35.5. The Morgan fingerprint density at radius 2 is 2.15 bits per heavy atom. The maximum absolute atomic E-state index is 13.4. The Hall–Kier alpha value is -2.27. The third kappa shape index (κ3) is 1.96. The molecule has 2 N–H and O–H groups in total. The summed E-state index contributed by atoms with van der Waals surface area (Å²) in [6.45, 7) is 0. The van der Waals surface area contributed by atoms with E-state index in [0.29, 0.717) is 28.2 Å². The lowest BCUT2D eigenvalue weighted by Crippen LogP contribution is -1.98. The fraction of sp³-hybridized carbons (Fsp3) is 0.0714. The van der Waals surface area contributed by atoms with Gasteiger partial charge in [0.25, 0.3) is 0 Å². The van der Waals surface area contributed by atoms with Crippen LogP contribution in [0.25, 0.3) is 22.4 Å². The van der Waals surface area contributed by atoms with E-state index in [-0.39, 0.29) is 11.0 Å². The van der Waals surface area contributed by atoms with E-state index >= 15 is 0 Å². The van der Waals surface area contributed by atoms with Crippen LogP contribution in [0.1, 0.15) is 0 Å². The quantitative estimate of drug-likeness (QED) is 0.783. The topological polar surface area (TPSA) is 57.0 Å². The largest absolute Gasteiger partial charge is 0.452 e. The molecule has 3 rings (SSSR count). The van der Waals surface area contributed by atoms with Crippen LogP contribution in [0.4, 0.5) is 10.2 Å². The monoisotopic (exact) mass is 291 g/mol. The summed E-state index contributed by atoms with van der Waals surface area (Å²) in [5.41, 5.74) is 8.51. The molecule has 0 aliphatic heterocycles. The van der Waals surface area contributed by atoms with Gasteiger partial charge in [-0.1, -0.05) is 12.1 Å². The van der Waals surface area contributed by atoms with Gasteiger partial charge >= 0.3 is 0 Å². The summed E-state index contributed by atoms with van der Waals surface area (Å²) >= 11 is 6.00. The average molecular weight is 292 g/mol. The third-order valence-electron chi connectivity index (χ3n) is 3.08. The summed E-state index contributed by atoms with van der Waals surface area (Å²) in [5.74, 6) is 0.0952. The predicted octanol–water partition coefficient (Wildman–Crippen LogP) is 3.72. The maximum Gasteiger partial charge on any atom is 0.202 e. The van der Waals surface area contributed by atoms with Crippen LogP contribution in [0.3, 0.4) is 0 Å². The smallest absolute Gasteiger partial charge is 0.202 e. The molecule has 1 aromatic carbocycles. The van der Waals surface area contributed by atoms with E-state index in [1.165, 1.54) is 23.1 Å². The molecule has 3 aromatic rings. The number of rotatable bonds is 2. The molecule has 4 nitrogen and oxygen atoms in total. The SMILES string of the molecule is Cn1nc(-c2ccoc2Cl)c(-c2cccc(F)c2)c1N. The predicted molar refractivity (Wildman–Crippen MR) is 75.7 cm³/mol. The van der Waals surface area contributed by atoms with Crippen molar-refractivity contribution in [1.82, 2.24) is 9.78 Å². The van der Waals surface area contributed by atoms with Crippen molar-refractivity contribution in [1.29, 1.82) is 0 Å². The standard InChI is InChI=1S/C14H11ClFN3O/c1-19-14(17)11(8-3-2-4-9(16)7-8)12(18-19)10-5-6-20-13(10)15/h2-7H,17H2,1H3. The highest BCUT2D eigenvalue weighted by Crippen LogP contribution is 2.39. The first kappa shape index (κ1) is 12.7. The van der Waals surface area contributed by atoms with Gasteiger partial charge in [-0.2, -0.15) is 5.10 Å². The second-order valence-corrected chi connectivity index (χ2v) is 4.69. The summed E-state index contributed by atoms with van der Waals surface area (Å²) in [5, 5.41) is 4.57. The van der Waals surface area contributed by atoms with E-state index in [9.17, 15) is 4.39 Å². The average Bonchev–Trinajstić information content (AvgIpc) is 2.94. The fourth-order valence-corrected chi connectivity index (χ4v) is 2.32. The maximum atomic E-state index is 13.4. The molecule has 0 amide bonds. The van der Waals surface area contributed by atoms with E-state index in [4.69, 9.17) is 21.8 Å². The number of nitrogen functional groups attached to an aromatic ring is 1. The van der Waals surface area contributed by atoms with Crippen molar-refractivity contribution in [3.63, 3.8) is 0 Å². The van der Waals surface area contributed by atoms with Gasteiger partial charge in [0.2, 0.25) is 5.22 Å². The van der Waals surface area contributed by atoms with Gasteiger partial charge in [0.1, 0.15) is 17.3 Å². The number of nitrogens with zero attached hydrogens (tertiary/aromatic N) is 2. The lowest BCUT2D eigenvalue weighted by atomic mass is 10.0. The van der Waals surface area contributed by atoms with Crippen LogP contribution in [-0.4, -0.2) is 9.78 Å². The number of anilines is 1. The Balaban J connectivity index is 2.28. The lowest BCUT2D eigenvalue weighted by Gasteiger charge is -2.03. The number of hydrogen-bond donors (Lipinski definition) is 1. The first-order valence-corrected chi connectivity index (χ1v) is 6.27. The number of aromatic nitrogens is 2. The lowest BCUT2D eigenvalue weighted by molar-refractivity contribution is 0.570. The van der Waals surface area contributed by atoms with Gasteiger partial charge in [-0.15, -0.1) is 0 Å². The number of benzene rings is 1. The molecule has 0 atom stereocenters. The molecule has 0 saturated heterocycles. The van der Waals surface area contributed by atoms with Crippen LogP contribution in [0.2, 0.25) is 5.22 Å². The molecular formula is C14H11ClFN3O. The van der Waals surface area contributed by atoms with Gasteiger partial charge in [0.05, 0.1) is 17.4 Å². The van der Waals surface area contributed by atoms with E-state index in [0.717, 1.165) is 0 Å². The highest BCUT2D eigenvalue weighted by Gasteiger charge is 2.20. The molecule has 0 unspecified atom stereocenters. The highest BCUT2D eigenvalue weighted by molar-refractivity contribution is 6.31. The molecule has 20 heavy (non-hydrogen) atoms. The summed E-state index contributed by atoms with van der Waals surface area (Å²) < 4.78 is 20.0. The first-order valence-electron chi connectivity index (χ1n) is 5.89. The van der Waals surface area contributed by atoms with E-state index in [1.807, 2.05) is 0 Å². The summed E-state index contributed by atoms with van der Waals surface area (Å²) in [7, 11) is 1.72. The number of nitrogens with two attached hydrogens (primary N) is 1. The van der Waals surface area contributed by atoms with Crippen LogP contribution >= 0.6 is 11.6 Å². The van der Waals surface area contributed by atoms with Crippen LogP contribution in [0.15, 0.2) is 41.0 Å². The molecule has 0 aliphatic carbocycles. The Morgan fingerprint density at radius 3 is 2.80 bits per heavy atom. The van der Waals surface area contributed by atoms with Gasteiger partial charge < -0.3 is 10.2 Å². The minimum absolute atomic E-state index is 0.223. The van der Waals surface area contributed by atoms with Crippen molar-refractivity contribution in [2.45, 2.75) is 0 Å². The number of furan rings is 1. The number of aryl methyl sites for hydroxylation is 1. The second kappa shape index (κ2) is 4.68. The summed E-state index contributed by atoms with van der Waals surface area (Å²) in [6, 6.07) is 7.88. The van der Waals surface area contributed by atoms with Crippen LogP contribution in [-0.2, 0) is 7.05 Å². The van der Waals surface area contributed by atoms with Crippen molar-refractivity contribution < 1.29 is 8.81 Å². The Kier molecular flexibility index (Phi) is 2.99. The molecule has 2 aromatic heterocycles. The van der Waals surface area contributed by atoms with Gasteiger partial charge in [0.15, 0.2) is 0 Å². The van der Waals surface area contributed by atoms with Crippen molar-refractivity contribution >= 4 is 17.4 Å². The number of halogens is 2. The summed E-state index contributed by atoms with van der Waals surface area (Å²) in [6.07, 6.45) is 1.47. The minimum atomic E-state index is -0.338. The molecule has 0 bridgehead atoms. The molecule has 102 valence electrons. The molecule has 0 aliphatic rings. The van der Waals surface area contributed by atoms with Gasteiger partial charge in [0, 0.05) is 7.05 Å². The van der Waals surface area contributed by atoms with Crippen molar-refractivity contribution in [3.05, 3.63) is 47.6 Å². The van der Waals surface area contributed by atoms with Crippen LogP contribution < -0.4 is 5.73 Å². The zero-order chi connectivity index (χ0) is 14.3. The zero-order valence-electron chi connectivity index (χ0n) is 10.6. The van der Waals surface area contributed by atoms with Crippen LogP contribution in [0, 0.1) is 5.82 Å². The van der Waals surface area contributed by atoms with Crippen LogP contribution in [0.5, 0.6) is 0 Å². The molecule has 0 fully saturated rings. The molecular weight excluding hydrogens is 281 g/mol. The van der Waals surface area contributed by atoms with Crippen molar-refractivity contribution in [2.75, 3.05) is 5.73 Å². The van der Waals surface area contributed by atoms with Gasteiger partial charge in [-0.3, -0.25) is 4.68 Å². The molecule has 2 heterocycles. The minimum Gasteiger partial charge on any atom is -0.452 e. The Bertz CT molecular complexity index is 779. The Morgan fingerprint density at radius 1 is 1.35 bits per heavy atom. The molecule has 0 saturated carbocycles. The second-order valence-electron chi connectivity index (χ2n) is 4.35. The van der Waals surface area contributed by atoms with E-state index in [1.54, 1.807) is 25.2 Å². The molecule has 6 heteroatoms. The normalized spacial score (nSPS) is 10.9. The van der Waals surface area contributed by atoms with Gasteiger partial charge in [-0.05, 0) is 35.4 Å². The van der Waals surface area contributed by atoms with Crippen molar-refractivity contribution in [2.24, 2.45) is 7.05 Å². The first-order chi connectivity index (χ1) is 9.58. The van der Waals surface area contributed by atoms with Crippen molar-refractivity contribution in [3.8, 4) is 22.4 Å². The fourth-order valence-electron chi connectivity index (χ4n) is 2.12. The zero-order valence-corrected chi connectivity index (χ0v) is 11.4. The van der Waals surface area contributed by atoms with E-state index in [2.05, 4.69) is 5.10 Å². The van der Waals surface area contributed by atoms with Gasteiger partial charge in [-0.25, -0.2) is 4.39 Å². The Labute approximate surface area is 119 Å². The number of hydrogen-bond acceptors (Lipinski definition) is 3. The third-order valence-corrected chi connectivity index (χ3v) is 3.37. The van der Waals surface area contributed by atoms with E-state index < -0.39 is 0 Å². The molecule has 0 radical (unpaired) electrons. The molecule has 0 spiro atoms.